The number of fused-ring (bicyclic) bond motifs is 1. The van der Waals surface area contributed by atoms with Gasteiger partial charge in [0, 0.05) is 16.1 Å². The van der Waals surface area contributed by atoms with Crippen LogP contribution in [0.2, 0.25) is 5.02 Å². The smallest absolute Gasteiger partial charge is 0.430 e. The molecule has 0 bridgehead atoms. The highest BCUT2D eigenvalue weighted by atomic mass is 35.5. The average Bonchev–Trinajstić information content (AvgIpc) is 2.44. The summed E-state index contributed by atoms with van der Waals surface area (Å²) in [5, 5.41) is 9.44. The maximum absolute atomic E-state index is 13.1. The molecule has 0 aliphatic carbocycles. The van der Waals surface area contributed by atoms with Gasteiger partial charge in [-0.2, -0.15) is 13.2 Å². The van der Waals surface area contributed by atoms with E-state index in [-0.39, 0.29) is 28.5 Å². The van der Waals surface area contributed by atoms with Crippen molar-refractivity contribution in [1.29, 1.82) is 0 Å². The van der Waals surface area contributed by atoms with Gasteiger partial charge in [-0.05, 0) is 25.1 Å². The molecule has 120 valence electrons. The number of carbonyl (C=O) groups is 1. The van der Waals surface area contributed by atoms with Crippen molar-refractivity contribution in [3.63, 3.8) is 0 Å². The Balaban J connectivity index is 2.58. The van der Waals surface area contributed by atoms with Crippen LogP contribution in [0.25, 0.3) is 6.08 Å². The largest absolute Gasteiger partial charge is 0.475 e. The minimum Gasteiger partial charge on any atom is -0.475 e. The van der Waals surface area contributed by atoms with E-state index in [0.717, 1.165) is 6.08 Å². The van der Waals surface area contributed by atoms with Crippen molar-refractivity contribution in [2.75, 3.05) is 6.61 Å². The van der Waals surface area contributed by atoms with Gasteiger partial charge in [-0.3, -0.25) is 0 Å². The minimum atomic E-state index is -4.80. The molecule has 0 aromatic heterocycles. The van der Waals surface area contributed by atoms with Crippen molar-refractivity contribution < 1.29 is 32.5 Å². The van der Waals surface area contributed by atoms with Gasteiger partial charge in [-0.15, -0.1) is 0 Å². The van der Waals surface area contributed by atoms with Crippen LogP contribution >= 0.6 is 11.6 Å². The molecule has 2 rings (SSSR count). The highest BCUT2D eigenvalue weighted by Gasteiger charge is 2.49. The van der Waals surface area contributed by atoms with Gasteiger partial charge in [0.25, 0.3) is 0 Å². The number of esters is 1. The molecule has 1 N–H and O–H groups in total. The second-order valence-corrected chi connectivity index (χ2v) is 4.94. The first kappa shape index (κ1) is 16.6. The monoisotopic (exact) mass is 336 g/mol. The highest BCUT2D eigenvalue weighted by molar-refractivity contribution is 6.30. The predicted octanol–water partition coefficient (Wildman–Crippen LogP) is 3.10. The van der Waals surface area contributed by atoms with Crippen LogP contribution in [-0.2, 0) is 16.1 Å². The van der Waals surface area contributed by atoms with E-state index in [1.165, 1.54) is 19.1 Å². The topological polar surface area (TPSA) is 55.8 Å². The molecule has 1 aromatic rings. The molecule has 0 saturated heterocycles. The summed E-state index contributed by atoms with van der Waals surface area (Å²) in [6.45, 7) is 0.876. The van der Waals surface area contributed by atoms with Crippen LogP contribution in [0.4, 0.5) is 13.2 Å². The van der Waals surface area contributed by atoms with E-state index in [4.69, 9.17) is 16.3 Å². The first-order valence-corrected chi connectivity index (χ1v) is 6.71. The molecule has 4 nitrogen and oxygen atoms in total. The number of rotatable bonds is 3. The maximum atomic E-state index is 13.1. The number of hydrogen-bond acceptors (Lipinski definition) is 4. The van der Waals surface area contributed by atoms with Crippen molar-refractivity contribution >= 4 is 23.6 Å². The van der Waals surface area contributed by atoms with Gasteiger partial charge in [-0.1, -0.05) is 11.6 Å². The SMILES string of the molecule is CCOC(=O)C1=Cc2cc(Cl)cc(CO)c2OC1C(F)(F)F. The molecule has 0 fully saturated rings. The molecule has 0 amide bonds. The number of aliphatic hydroxyl groups is 1. The zero-order valence-corrected chi connectivity index (χ0v) is 12.2. The highest BCUT2D eigenvalue weighted by Crippen LogP contribution is 2.40. The van der Waals surface area contributed by atoms with Crippen LogP contribution in [-0.4, -0.2) is 30.0 Å². The Morgan fingerprint density at radius 2 is 2.14 bits per heavy atom. The quantitative estimate of drug-likeness (QED) is 0.862. The van der Waals surface area contributed by atoms with E-state index < -0.39 is 30.4 Å². The van der Waals surface area contributed by atoms with Crippen LogP contribution < -0.4 is 4.74 Å². The molecule has 8 heteroatoms. The number of hydrogen-bond donors (Lipinski definition) is 1. The first-order valence-electron chi connectivity index (χ1n) is 6.33. The van der Waals surface area contributed by atoms with E-state index in [2.05, 4.69) is 4.74 Å². The van der Waals surface area contributed by atoms with Crippen molar-refractivity contribution in [2.45, 2.75) is 25.8 Å². The Morgan fingerprint density at radius 1 is 1.45 bits per heavy atom. The second-order valence-electron chi connectivity index (χ2n) is 4.50. The minimum absolute atomic E-state index is 0.0644. The fourth-order valence-electron chi connectivity index (χ4n) is 2.09. The van der Waals surface area contributed by atoms with Gasteiger partial charge < -0.3 is 14.6 Å². The Bertz CT molecular complexity index is 625. The summed E-state index contributed by atoms with van der Waals surface area (Å²) in [4.78, 5) is 11.8. The lowest BCUT2D eigenvalue weighted by Gasteiger charge is -2.29. The van der Waals surface area contributed by atoms with Crippen molar-refractivity contribution in [1.82, 2.24) is 0 Å². The molecule has 1 aromatic carbocycles. The summed E-state index contributed by atoms with van der Waals surface area (Å²) < 4.78 is 49.0. The van der Waals surface area contributed by atoms with Gasteiger partial charge in [0.1, 0.15) is 5.75 Å². The van der Waals surface area contributed by atoms with E-state index in [9.17, 15) is 23.1 Å². The van der Waals surface area contributed by atoms with Crippen LogP contribution in [0, 0.1) is 0 Å². The molecule has 1 unspecified atom stereocenters. The van der Waals surface area contributed by atoms with E-state index >= 15 is 0 Å². The second kappa shape index (κ2) is 6.18. The number of ether oxygens (including phenoxy) is 2. The number of alkyl halides is 3. The summed E-state index contributed by atoms with van der Waals surface area (Å²) in [6, 6.07) is 2.65. The normalized spacial score (nSPS) is 17.4. The molecule has 0 saturated carbocycles. The Hall–Kier alpha value is -1.73. The molecule has 1 atom stereocenters. The fourth-order valence-corrected chi connectivity index (χ4v) is 2.34. The number of carbonyl (C=O) groups excluding carboxylic acids is 1. The van der Waals surface area contributed by atoms with Gasteiger partial charge in [-0.25, -0.2) is 4.79 Å². The molecule has 1 aliphatic rings. The van der Waals surface area contributed by atoms with Crippen molar-refractivity contribution in [3.8, 4) is 5.75 Å². The molecule has 0 radical (unpaired) electrons. The molecule has 22 heavy (non-hydrogen) atoms. The summed E-state index contributed by atoms with van der Waals surface area (Å²) in [6.07, 6.45) is -6.23. The van der Waals surface area contributed by atoms with Crippen LogP contribution in [0.5, 0.6) is 5.75 Å². The molecule has 0 spiro atoms. The van der Waals surface area contributed by atoms with Crippen LogP contribution in [0.15, 0.2) is 17.7 Å². The van der Waals surface area contributed by atoms with Crippen molar-refractivity contribution in [3.05, 3.63) is 33.9 Å². The Morgan fingerprint density at radius 3 is 2.68 bits per heavy atom. The zero-order valence-electron chi connectivity index (χ0n) is 11.4. The molecule has 1 aliphatic heterocycles. The molecule has 1 heterocycles. The standard InChI is InChI=1S/C14H12ClF3O4/c1-2-21-13(20)10-5-7-3-9(15)4-8(6-19)11(7)22-12(10)14(16,17)18/h3-5,12,19H,2,6H2,1H3. The maximum Gasteiger partial charge on any atom is 0.430 e. The van der Waals surface area contributed by atoms with Gasteiger partial charge >= 0.3 is 12.1 Å². The summed E-state index contributed by atoms with van der Waals surface area (Å²) in [5.41, 5.74) is -0.371. The zero-order chi connectivity index (χ0) is 16.5. The third-order valence-corrected chi connectivity index (χ3v) is 3.19. The van der Waals surface area contributed by atoms with E-state index in [0.29, 0.717) is 0 Å². The van der Waals surface area contributed by atoms with Crippen molar-refractivity contribution in [2.24, 2.45) is 0 Å². The lowest BCUT2D eigenvalue weighted by Crippen LogP contribution is -2.41. The third-order valence-electron chi connectivity index (χ3n) is 2.97. The van der Waals surface area contributed by atoms with Gasteiger partial charge in [0.15, 0.2) is 0 Å². The van der Waals surface area contributed by atoms with Crippen LogP contribution in [0.1, 0.15) is 18.1 Å². The first-order chi connectivity index (χ1) is 10.3. The van der Waals surface area contributed by atoms with Gasteiger partial charge in [0.2, 0.25) is 6.10 Å². The Kier molecular flexibility index (Phi) is 4.67. The van der Waals surface area contributed by atoms with Gasteiger partial charge in [0.05, 0.1) is 18.8 Å². The third kappa shape index (κ3) is 3.20. The van der Waals surface area contributed by atoms with E-state index in [1.807, 2.05) is 0 Å². The molecular weight excluding hydrogens is 325 g/mol. The van der Waals surface area contributed by atoms with E-state index in [1.54, 1.807) is 0 Å². The number of benzene rings is 1. The lowest BCUT2D eigenvalue weighted by atomic mass is 9.99. The van der Waals surface area contributed by atoms with Crippen LogP contribution in [0.3, 0.4) is 0 Å². The lowest BCUT2D eigenvalue weighted by molar-refractivity contribution is -0.188. The summed E-state index contributed by atoms with van der Waals surface area (Å²) in [5.74, 6) is -1.26. The predicted molar refractivity (Wildman–Crippen MR) is 72.5 cm³/mol. The summed E-state index contributed by atoms with van der Waals surface area (Å²) >= 11 is 5.84. The average molecular weight is 337 g/mol. The Labute approximate surface area is 129 Å². The molecular formula is C14H12ClF3O4. The number of halogens is 4. The fraction of sp³-hybridized carbons (Fsp3) is 0.357. The summed E-state index contributed by atoms with van der Waals surface area (Å²) in [7, 11) is 0. The number of aliphatic hydroxyl groups excluding tert-OH is 1.